The molecule has 0 aliphatic rings. The van der Waals surface area contributed by atoms with Crippen LogP contribution in [0.1, 0.15) is 23.7 Å². The van der Waals surface area contributed by atoms with Gasteiger partial charge in [0.25, 0.3) is 0 Å². The Morgan fingerprint density at radius 2 is 2.22 bits per heavy atom. The molecular weight excluding hydrogens is 246 g/mol. The lowest BCUT2D eigenvalue weighted by Gasteiger charge is -2.07. The number of fused-ring (bicyclic) bond motifs is 1. The number of Topliss-reactive ketones (excluding diaryl/α,β-unsaturated/α-hetero) is 1. The number of aromatic amines is 1. The number of H-pyrrole nitrogens is 1. The summed E-state index contributed by atoms with van der Waals surface area (Å²) in [5, 5.41) is 10.1. The average molecular weight is 263 g/mol. The molecule has 2 N–H and O–H groups in total. The first-order valence-electron chi connectivity index (χ1n) is 6.04. The highest BCUT2D eigenvalue weighted by molar-refractivity contribution is 8.00. The summed E-state index contributed by atoms with van der Waals surface area (Å²) in [6, 6.07) is 7.81. The van der Waals surface area contributed by atoms with Crippen LogP contribution in [0.3, 0.4) is 0 Å². The normalized spacial score (nSPS) is 12.8. The Balaban J connectivity index is 2.05. The molecule has 1 atom stereocenters. The first kappa shape index (κ1) is 13.2. The summed E-state index contributed by atoms with van der Waals surface area (Å²) in [4.78, 5) is 15.2. The zero-order valence-corrected chi connectivity index (χ0v) is 11.2. The van der Waals surface area contributed by atoms with Crippen LogP contribution in [-0.4, -0.2) is 33.5 Å². The van der Waals surface area contributed by atoms with Crippen LogP contribution in [0.25, 0.3) is 10.9 Å². The molecule has 4 heteroatoms. The van der Waals surface area contributed by atoms with E-state index in [1.54, 1.807) is 18.0 Å². The predicted molar refractivity (Wildman–Crippen MR) is 76.3 cm³/mol. The van der Waals surface area contributed by atoms with E-state index in [0.29, 0.717) is 11.0 Å². The Morgan fingerprint density at radius 3 is 3.00 bits per heavy atom. The van der Waals surface area contributed by atoms with Gasteiger partial charge in [-0.25, -0.2) is 0 Å². The summed E-state index contributed by atoms with van der Waals surface area (Å²) >= 11 is 1.59. The quantitative estimate of drug-likeness (QED) is 0.788. The minimum Gasteiger partial charge on any atom is -0.396 e. The van der Waals surface area contributed by atoms with E-state index in [-0.39, 0.29) is 12.4 Å². The molecule has 0 spiro atoms. The van der Waals surface area contributed by atoms with E-state index in [4.69, 9.17) is 5.11 Å². The molecule has 1 aromatic heterocycles. The molecule has 3 nitrogen and oxygen atoms in total. The smallest absolute Gasteiger partial charge is 0.174 e. The van der Waals surface area contributed by atoms with Crippen LogP contribution in [0.15, 0.2) is 30.5 Å². The van der Waals surface area contributed by atoms with Gasteiger partial charge in [-0.15, -0.1) is 0 Å². The number of thioether (sulfide) groups is 1. The molecule has 0 saturated heterocycles. The molecule has 0 amide bonds. The van der Waals surface area contributed by atoms with Gasteiger partial charge in [-0.2, -0.15) is 11.8 Å². The number of rotatable bonds is 6. The lowest BCUT2D eigenvalue weighted by Crippen LogP contribution is -2.07. The fraction of sp³-hybridized carbons (Fsp3) is 0.357. The monoisotopic (exact) mass is 263 g/mol. The van der Waals surface area contributed by atoms with Crippen molar-refractivity contribution in [3.05, 3.63) is 36.0 Å². The molecule has 0 aliphatic carbocycles. The van der Waals surface area contributed by atoms with Crippen LogP contribution in [-0.2, 0) is 0 Å². The van der Waals surface area contributed by atoms with Crippen molar-refractivity contribution in [2.75, 3.05) is 12.4 Å². The van der Waals surface area contributed by atoms with Crippen molar-refractivity contribution in [1.82, 2.24) is 4.98 Å². The molecule has 18 heavy (non-hydrogen) atoms. The number of aliphatic hydroxyl groups excluding tert-OH is 1. The highest BCUT2D eigenvalue weighted by Crippen LogP contribution is 2.21. The highest BCUT2D eigenvalue weighted by Gasteiger charge is 2.13. The highest BCUT2D eigenvalue weighted by atomic mass is 32.2. The lowest BCUT2D eigenvalue weighted by atomic mass is 10.1. The second-order valence-electron chi connectivity index (χ2n) is 4.31. The molecule has 1 unspecified atom stereocenters. The van der Waals surface area contributed by atoms with Gasteiger partial charge in [0.15, 0.2) is 5.78 Å². The molecule has 0 saturated carbocycles. The summed E-state index contributed by atoms with van der Waals surface area (Å²) in [6.07, 6.45) is 2.51. The third kappa shape index (κ3) is 2.94. The molecular formula is C14H17NO2S. The Bertz CT molecular complexity index is 535. The van der Waals surface area contributed by atoms with Crippen LogP contribution in [0.4, 0.5) is 0 Å². The minimum atomic E-state index is 0.141. The van der Waals surface area contributed by atoms with Crippen LogP contribution < -0.4 is 0 Å². The largest absolute Gasteiger partial charge is 0.396 e. The topological polar surface area (TPSA) is 53.1 Å². The molecule has 0 fully saturated rings. The number of ketones is 1. The maximum atomic E-state index is 12.1. The van der Waals surface area contributed by atoms with Gasteiger partial charge in [-0.1, -0.05) is 25.1 Å². The zero-order valence-electron chi connectivity index (χ0n) is 10.3. The lowest BCUT2D eigenvalue weighted by molar-refractivity contribution is 0.102. The van der Waals surface area contributed by atoms with E-state index in [1.165, 1.54) is 0 Å². The van der Waals surface area contributed by atoms with Gasteiger partial charge < -0.3 is 10.1 Å². The van der Waals surface area contributed by atoms with Crippen LogP contribution >= 0.6 is 11.8 Å². The number of hydrogen-bond acceptors (Lipinski definition) is 3. The van der Waals surface area contributed by atoms with E-state index in [2.05, 4.69) is 4.98 Å². The van der Waals surface area contributed by atoms with Gasteiger partial charge in [0.1, 0.15) is 0 Å². The number of nitrogens with one attached hydrogen (secondary N) is 1. The number of carbonyl (C=O) groups excluding carboxylic acids is 1. The molecule has 0 bridgehead atoms. The molecule has 1 heterocycles. The Hall–Kier alpha value is -1.26. The summed E-state index contributed by atoms with van der Waals surface area (Å²) in [5.41, 5.74) is 1.75. The SMILES string of the molecule is CC(CCO)SCC(=O)c1c[nH]c2ccccc12. The van der Waals surface area contributed by atoms with Gasteiger partial charge in [-0.3, -0.25) is 4.79 Å². The number of aliphatic hydroxyl groups is 1. The van der Waals surface area contributed by atoms with E-state index < -0.39 is 0 Å². The standard InChI is InChI=1S/C14H17NO2S/c1-10(6-7-16)18-9-14(17)12-8-15-13-5-3-2-4-11(12)13/h2-5,8,10,15-16H,6-7,9H2,1H3. The van der Waals surface area contributed by atoms with Gasteiger partial charge in [0, 0.05) is 34.5 Å². The van der Waals surface area contributed by atoms with Gasteiger partial charge in [0.2, 0.25) is 0 Å². The molecule has 1 aromatic carbocycles. The number of carbonyl (C=O) groups is 1. The average Bonchev–Trinajstić information content (AvgIpc) is 2.80. The number of para-hydroxylation sites is 1. The van der Waals surface area contributed by atoms with E-state index in [1.807, 2.05) is 31.2 Å². The predicted octanol–water partition coefficient (Wildman–Crippen LogP) is 2.85. The van der Waals surface area contributed by atoms with E-state index in [0.717, 1.165) is 22.9 Å². The molecule has 2 aromatic rings. The van der Waals surface area contributed by atoms with Crippen molar-refractivity contribution < 1.29 is 9.90 Å². The van der Waals surface area contributed by atoms with Crippen LogP contribution in [0, 0.1) is 0 Å². The number of hydrogen-bond donors (Lipinski definition) is 2. The number of aromatic nitrogens is 1. The van der Waals surface area contributed by atoms with Crippen molar-refractivity contribution in [1.29, 1.82) is 0 Å². The Labute approximate surface area is 111 Å². The molecule has 0 radical (unpaired) electrons. The van der Waals surface area contributed by atoms with Crippen molar-refractivity contribution in [3.8, 4) is 0 Å². The summed E-state index contributed by atoms with van der Waals surface area (Å²) < 4.78 is 0. The van der Waals surface area contributed by atoms with Gasteiger partial charge in [0.05, 0.1) is 5.75 Å². The van der Waals surface area contributed by atoms with Crippen molar-refractivity contribution >= 4 is 28.4 Å². The first-order chi connectivity index (χ1) is 8.72. The fourth-order valence-electron chi connectivity index (χ4n) is 1.86. The summed E-state index contributed by atoms with van der Waals surface area (Å²) in [7, 11) is 0. The van der Waals surface area contributed by atoms with Gasteiger partial charge >= 0.3 is 0 Å². The fourth-order valence-corrected chi connectivity index (χ4v) is 2.73. The van der Waals surface area contributed by atoms with Crippen molar-refractivity contribution in [3.63, 3.8) is 0 Å². The Morgan fingerprint density at radius 1 is 1.44 bits per heavy atom. The maximum absolute atomic E-state index is 12.1. The number of benzene rings is 1. The first-order valence-corrected chi connectivity index (χ1v) is 7.09. The van der Waals surface area contributed by atoms with Crippen molar-refractivity contribution in [2.24, 2.45) is 0 Å². The third-order valence-electron chi connectivity index (χ3n) is 2.92. The summed E-state index contributed by atoms with van der Waals surface area (Å²) in [6.45, 7) is 2.21. The van der Waals surface area contributed by atoms with Crippen LogP contribution in [0.2, 0.25) is 0 Å². The molecule has 0 aliphatic heterocycles. The minimum absolute atomic E-state index is 0.141. The van der Waals surface area contributed by atoms with Crippen LogP contribution in [0.5, 0.6) is 0 Å². The second-order valence-corrected chi connectivity index (χ2v) is 5.73. The zero-order chi connectivity index (χ0) is 13.0. The molecule has 2 rings (SSSR count). The Kier molecular flexibility index (Phi) is 4.44. The molecule has 96 valence electrons. The van der Waals surface area contributed by atoms with E-state index in [9.17, 15) is 4.79 Å². The van der Waals surface area contributed by atoms with E-state index >= 15 is 0 Å². The maximum Gasteiger partial charge on any atom is 0.174 e. The summed E-state index contributed by atoms with van der Waals surface area (Å²) in [5.74, 6) is 0.602. The second kappa shape index (κ2) is 6.07. The van der Waals surface area contributed by atoms with Gasteiger partial charge in [-0.05, 0) is 12.5 Å². The third-order valence-corrected chi connectivity index (χ3v) is 4.16. The van der Waals surface area contributed by atoms with Crippen molar-refractivity contribution in [2.45, 2.75) is 18.6 Å².